The van der Waals surface area contributed by atoms with E-state index in [-0.39, 0.29) is 23.8 Å². The van der Waals surface area contributed by atoms with E-state index in [0.717, 1.165) is 35.9 Å². The highest BCUT2D eigenvalue weighted by Gasteiger charge is 2.37. The molecule has 1 amide bonds. The first-order chi connectivity index (χ1) is 21.6. The van der Waals surface area contributed by atoms with Crippen molar-refractivity contribution < 1.29 is 32.6 Å². The number of ether oxygens (including phenoxy) is 1. The first-order valence-electron chi connectivity index (χ1n) is 14.5. The number of fused-ring (bicyclic) bond motifs is 1. The van der Waals surface area contributed by atoms with Gasteiger partial charge in [-0.25, -0.2) is 22.9 Å². The topological polar surface area (TPSA) is 131 Å². The average molecular weight is 618 g/mol. The number of halogens is 3. The fourth-order valence-corrected chi connectivity index (χ4v) is 5.98. The van der Waals surface area contributed by atoms with E-state index in [2.05, 4.69) is 15.3 Å². The second-order valence-electron chi connectivity index (χ2n) is 11.3. The Labute approximate surface area is 256 Å². The molecule has 2 aliphatic rings. The van der Waals surface area contributed by atoms with Crippen LogP contribution in [0.15, 0.2) is 66.9 Å². The van der Waals surface area contributed by atoms with Gasteiger partial charge in [-0.15, -0.1) is 0 Å². The van der Waals surface area contributed by atoms with Gasteiger partial charge in [0.15, 0.2) is 0 Å². The summed E-state index contributed by atoms with van der Waals surface area (Å²) in [5.41, 5.74) is 7.25. The number of aromatic nitrogens is 2. The molecule has 4 atom stereocenters. The number of nitrogens with two attached hydrogens (primary N) is 1. The lowest BCUT2D eigenvalue weighted by Crippen LogP contribution is -2.56. The van der Waals surface area contributed by atoms with Gasteiger partial charge in [0, 0.05) is 30.6 Å². The van der Waals surface area contributed by atoms with E-state index >= 15 is 0 Å². The highest BCUT2D eigenvalue weighted by molar-refractivity contribution is 6.05. The summed E-state index contributed by atoms with van der Waals surface area (Å²) in [5, 5.41) is 13.3. The average Bonchev–Trinajstić information content (AvgIpc) is 3.43. The SMILES string of the molecule is C[C@H]1CN(c2c(NC(=O)c3ccc(F)c(-c4c(F)cccc4F)n3)cnc3c2CC[C@H]3OC(=O)c2ccccc2)C[C@@H](N)[C@@H]1O. The smallest absolute Gasteiger partial charge is 0.338 e. The second-order valence-corrected chi connectivity index (χ2v) is 11.3. The Kier molecular flexibility index (Phi) is 8.26. The van der Waals surface area contributed by atoms with Crippen molar-refractivity contribution in [2.75, 3.05) is 23.3 Å². The molecule has 9 nitrogen and oxygen atoms in total. The third-order valence-corrected chi connectivity index (χ3v) is 8.21. The van der Waals surface area contributed by atoms with Gasteiger partial charge in [-0.3, -0.25) is 9.78 Å². The maximum absolute atomic E-state index is 14.7. The summed E-state index contributed by atoms with van der Waals surface area (Å²) >= 11 is 0. The zero-order valence-electron chi connectivity index (χ0n) is 24.2. The van der Waals surface area contributed by atoms with E-state index in [9.17, 15) is 27.9 Å². The molecule has 2 aromatic carbocycles. The van der Waals surface area contributed by atoms with Crippen molar-refractivity contribution >= 4 is 23.3 Å². The minimum atomic E-state index is -1.02. The van der Waals surface area contributed by atoms with Crippen LogP contribution in [0.2, 0.25) is 0 Å². The Bertz CT molecular complexity index is 1740. The third-order valence-electron chi connectivity index (χ3n) is 8.21. The van der Waals surface area contributed by atoms with Gasteiger partial charge in [0.1, 0.15) is 34.9 Å². The fraction of sp³-hybridized carbons (Fsp3) is 0.273. The van der Waals surface area contributed by atoms with Crippen LogP contribution in [0.4, 0.5) is 24.5 Å². The van der Waals surface area contributed by atoms with Gasteiger partial charge >= 0.3 is 5.97 Å². The Hall–Kier alpha value is -4.81. The molecule has 2 aromatic heterocycles. The van der Waals surface area contributed by atoms with Crippen molar-refractivity contribution in [3.63, 3.8) is 0 Å². The minimum absolute atomic E-state index is 0.203. The molecule has 12 heteroatoms. The highest BCUT2D eigenvalue weighted by Crippen LogP contribution is 2.43. The lowest BCUT2D eigenvalue weighted by atomic mass is 9.92. The van der Waals surface area contributed by atoms with E-state index in [4.69, 9.17) is 10.5 Å². The van der Waals surface area contributed by atoms with Crippen molar-refractivity contribution in [1.29, 1.82) is 0 Å². The number of aliphatic hydroxyl groups is 1. The molecule has 232 valence electrons. The number of nitrogens with one attached hydrogen (secondary N) is 1. The van der Waals surface area contributed by atoms with Gasteiger partial charge in [-0.05, 0) is 49.2 Å². The zero-order valence-corrected chi connectivity index (χ0v) is 24.2. The van der Waals surface area contributed by atoms with Gasteiger partial charge < -0.3 is 25.8 Å². The van der Waals surface area contributed by atoms with Crippen molar-refractivity contribution in [2.24, 2.45) is 11.7 Å². The lowest BCUT2D eigenvalue weighted by Gasteiger charge is -2.41. The number of hydrogen-bond donors (Lipinski definition) is 3. The first-order valence-corrected chi connectivity index (χ1v) is 14.5. The predicted molar refractivity (Wildman–Crippen MR) is 160 cm³/mol. The fourth-order valence-electron chi connectivity index (χ4n) is 5.98. The molecule has 1 saturated heterocycles. The summed E-state index contributed by atoms with van der Waals surface area (Å²) < 4.78 is 49.4. The molecule has 4 aromatic rings. The Morgan fingerprint density at radius 1 is 1.00 bits per heavy atom. The van der Waals surface area contributed by atoms with Gasteiger partial charge in [0.2, 0.25) is 0 Å². The van der Waals surface area contributed by atoms with E-state index < -0.39 is 58.8 Å². The molecule has 3 heterocycles. The Morgan fingerprint density at radius 3 is 2.44 bits per heavy atom. The molecule has 0 spiro atoms. The molecule has 1 fully saturated rings. The van der Waals surface area contributed by atoms with Crippen LogP contribution < -0.4 is 16.0 Å². The standard InChI is InChI=1S/C33H30F3N5O4/c1-17-15-41(16-23(37)31(17)42)30-19-10-13-26(45-33(44)18-6-3-2-4-7-18)28(19)38-14-25(30)40-32(43)24-12-11-22(36)29(39-24)27-20(34)8-5-9-21(27)35/h2-9,11-12,14,17,23,26,31,42H,10,13,15-16,37H2,1H3,(H,40,43)/t17-,23+,26+,31+/m0/s1. The number of rotatable bonds is 6. The summed E-state index contributed by atoms with van der Waals surface area (Å²) in [5.74, 6) is -4.51. The number of piperidine rings is 1. The number of benzene rings is 2. The number of nitrogens with zero attached hydrogens (tertiary/aromatic N) is 3. The normalized spacial score (nSPS) is 20.9. The largest absolute Gasteiger partial charge is 0.452 e. The monoisotopic (exact) mass is 617 g/mol. The van der Waals surface area contributed by atoms with Crippen molar-refractivity contribution in [3.8, 4) is 11.3 Å². The van der Waals surface area contributed by atoms with Crippen LogP contribution in [-0.4, -0.2) is 52.2 Å². The molecule has 0 unspecified atom stereocenters. The minimum Gasteiger partial charge on any atom is -0.452 e. The number of carbonyl (C=O) groups excluding carboxylic acids is 2. The van der Waals surface area contributed by atoms with Gasteiger partial charge in [-0.1, -0.05) is 31.2 Å². The number of pyridine rings is 2. The van der Waals surface area contributed by atoms with Gasteiger partial charge in [-0.2, -0.15) is 0 Å². The molecule has 0 bridgehead atoms. The quantitative estimate of drug-likeness (QED) is 0.263. The summed E-state index contributed by atoms with van der Waals surface area (Å²) in [6.45, 7) is 2.55. The summed E-state index contributed by atoms with van der Waals surface area (Å²) in [6.07, 6.45) is 1.01. The van der Waals surface area contributed by atoms with E-state index in [1.54, 1.807) is 30.3 Å². The summed E-state index contributed by atoms with van der Waals surface area (Å²) in [7, 11) is 0. The number of aliphatic hydroxyl groups excluding tert-OH is 1. The molecule has 0 saturated carbocycles. The summed E-state index contributed by atoms with van der Waals surface area (Å²) in [4.78, 5) is 36.8. The van der Waals surface area contributed by atoms with Crippen LogP contribution in [0.25, 0.3) is 11.3 Å². The van der Waals surface area contributed by atoms with Crippen molar-refractivity contribution in [1.82, 2.24) is 9.97 Å². The van der Waals surface area contributed by atoms with Crippen LogP contribution in [0.5, 0.6) is 0 Å². The Morgan fingerprint density at radius 2 is 1.73 bits per heavy atom. The predicted octanol–water partition coefficient (Wildman–Crippen LogP) is 4.80. The molecule has 1 aliphatic carbocycles. The van der Waals surface area contributed by atoms with E-state index in [0.29, 0.717) is 36.3 Å². The zero-order chi connectivity index (χ0) is 31.8. The number of esters is 1. The second kappa shape index (κ2) is 12.3. The molecule has 0 radical (unpaired) electrons. The lowest BCUT2D eigenvalue weighted by molar-refractivity contribution is 0.0292. The number of carbonyl (C=O) groups is 2. The van der Waals surface area contributed by atoms with Crippen molar-refractivity contribution in [2.45, 2.75) is 38.0 Å². The van der Waals surface area contributed by atoms with E-state index in [1.165, 1.54) is 6.20 Å². The third kappa shape index (κ3) is 5.86. The number of anilines is 2. The van der Waals surface area contributed by atoms with Crippen molar-refractivity contribution in [3.05, 3.63) is 107 Å². The van der Waals surface area contributed by atoms with Crippen LogP contribution in [0, 0.1) is 23.4 Å². The molecular formula is C33H30F3N5O4. The van der Waals surface area contributed by atoms with Gasteiger partial charge in [0.25, 0.3) is 5.91 Å². The first kappa shape index (κ1) is 30.2. The number of amides is 1. The molecule has 6 rings (SSSR count). The Balaban J connectivity index is 1.35. The molecule has 1 aliphatic heterocycles. The molecular weight excluding hydrogens is 587 g/mol. The van der Waals surface area contributed by atoms with Crippen LogP contribution in [0.1, 0.15) is 51.6 Å². The maximum atomic E-state index is 14.7. The number of hydrogen-bond acceptors (Lipinski definition) is 8. The highest BCUT2D eigenvalue weighted by atomic mass is 19.1. The van der Waals surface area contributed by atoms with Crippen LogP contribution >= 0.6 is 0 Å². The molecule has 45 heavy (non-hydrogen) atoms. The van der Waals surface area contributed by atoms with E-state index in [1.807, 2.05) is 11.8 Å². The van der Waals surface area contributed by atoms with Crippen LogP contribution in [-0.2, 0) is 11.2 Å². The maximum Gasteiger partial charge on any atom is 0.338 e. The summed E-state index contributed by atoms with van der Waals surface area (Å²) in [6, 6.07) is 13.1. The van der Waals surface area contributed by atoms with Crippen LogP contribution in [0.3, 0.4) is 0 Å². The van der Waals surface area contributed by atoms with Gasteiger partial charge in [0.05, 0.1) is 40.5 Å². The molecule has 4 N–H and O–H groups in total.